The van der Waals surface area contributed by atoms with Crippen LogP contribution in [-0.2, 0) is 9.59 Å². The Morgan fingerprint density at radius 2 is 0.759 bits per heavy atom. The van der Waals surface area contributed by atoms with Crippen molar-refractivity contribution in [2.24, 2.45) is 11.8 Å². The maximum Gasteiger partial charge on any atom is 0.261 e. The average Bonchev–Trinajstić information content (AvgIpc) is 3.92. The molecule has 2 atom stereocenters. The van der Waals surface area contributed by atoms with Crippen LogP contribution in [0.2, 0.25) is 0 Å². The fourth-order valence-corrected chi connectivity index (χ4v) is 11.3. The third-order valence-corrected chi connectivity index (χ3v) is 14.8. The topological polar surface area (TPSA) is 40.6 Å². The maximum absolute atomic E-state index is 15.1. The Balaban J connectivity index is 1.69. The van der Waals surface area contributed by atoms with Crippen LogP contribution in [0.4, 0.5) is 0 Å². The summed E-state index contributed by atoms with van der Waals surface area (Å²) in [4.78, 5) is 36.3. The number of carbonyl (C=O) groups excluding carboxylic acids is 2. The number of unbranched alkanes of at least 4 members (excludes halogenated alkanes) is 16. The lowest BCUT2D eigenvalue weighted by Crippen LogP contribution is -2.34. The number of rotatable bonds is 30. The first kappa shape index (κ1) is 45.5. The van der Waals surface area contributed by atoms with Gasteiger partial charge in [-0.3, -0.25) is 9.59 Å². The van der Waals surface area contributed by atoms with Crippen LogP contribution in [0.5, 0.6) is 0 Å². The summed E-state index contributed by atoms with van der Waals surface area (Å²) in [5.41, 5.74) is 2.98. The van der Waals surface area contributed by atoms with E-state index in [9.17, 15) is 0 Å². The van der Waals surface area contributed by atoms with Crippen LogP contribution in [0.25, 0.3) is 11.4 Å². The van der Waals surface area contributed by atoms with Gasteiger partial charge in [-0.1, -0.05) is 156 Å². The molecule has 0 radical (unpaired) electrons. The minimum absolute atomic E-state index is 0.0248. The van der Waals surface area contributed by atoms with Crippen LogP contribution >= 0.6 is 54.5 Å². The number of hydrogen-bond donors (Lipinski definition) is 0. The van der Waals surface area contributed by atoms with Crippen LogP contribution in [-0.4, -0.2) is 34.7 Å². The van der Waals surface area contributed by atoms with Crippen molar-refractivity contribution in [2.75, 3.05) is 13.1 Å². The van der Waals surface area contributed by atoms with Crippen LogP contribution in [0, 0.1) is 11.8 Å². The van der Waals surface area contributed by atoms with Gasteiger partial charge < -0.3 is 9.80 Å². The van der Waals surface area contributed by atoms with E-state index in [1.54, 1.807) is 22.7 Å². The molecule has 54 heavy (non-hydrogen) atoms. The summed E-state index contributed by atoms with van der Waals surface area (Å²) in [6, 6.07) is 8.35. The molecule has 0 N–H and O–H groups in total. The Hall–Kier alpha value is -1.22. The minimum Gasteiger partial charge on any atom is -0.306 e. The molecule has 2 aromatic heterocycles. The molecule has 302 valence electrons. The normalized spacial score (nSPS) is 15.7. The first-order valence-corrected chi connectivity index (χ1v) is 25.2. The molecule has 8 heteroatoms. The zero-order chi connectivity index (χ0) is 38.7. The third-order valence-electron chi connectivity index (χ3n) is 11.5. The van der Waals surface area contributed by atoms with Gasteiger partial charge in [0.25, 0.3) is 11.8 Å². The third kappa shape index (κ3) is 13.4. The minimum atomic E-state index is 0.0248. The number of thiophene rings is 2. The zero-order valence-corrected chi connectivity index (χ0v) is 38.9. The number of carbonyl (C=O) groups is 2. The van der Waals surface area contributed by atoms with Crippen molar-refractivity contribution >= 4 is 77.7 Å². The number of hydrogen-bond acceptors (Lipinski definition) is 4. The van der Waals surface area contributed by atoms with E-state index in [0.717, 1.165) is 54.4 Å². The predicted octanol–water partition coefficient (Wildman–Crippen LogP) is 15.8. The number of nitrogens with zero attached hydrogens (tertiary/aromatic N) is 2. The van der Waals surface area contributed by atoms with E-state index in [2.05, 4.69) is 83.8 Å². The van der Waals surface area contributed by atoms with Gasteiger partial charge in [-0.25, -0.2) is 0 Å². The maximum atomic E-state index is 15.1. The summed E-state index contributed by atoms with van der Waals surface area (Å²) < 4.78 is 2.05. The van der Waals surface area contributed by atoms with Crippen LogP contribution in [0.3, 0.4) is 0 Å². The Kier molecular flexibility index (Phi) is 21.2. The quantitative estimate of drug-likeness (QED) is 0.0733. The molecule has 0 aliphatic carbocycles. The summed E-state index contributed by atoms with van der Waals surface area (Å²) in [5.74, 6) is 0.894. The van der Waals surface area contributed by atoms with Crippen molar-refractivity contribution in [2.45, 2.75) is 182 Å². The molecule has 2 aliphatic rings. The Bertz CT molecular complexity index is 1380. The second kappa shape index (κ2) is 25.2. The molecular weight excluding hydrogens is 836 g/mol. The van der Waals surface area contributed by atoms with Gasteiger partial charge in [-0.05, 0) is 93.6 Å². The molecule has 0 spiro atoms. The van der Waals surface area contributed by atoms with E-state index in [1.165, 1.54) is 128 Å². The molecule has 2 amide bonds. The monoisotopic (exact) mass is 904 g/mol. The number of amides is 2. The van der Waals surface area contributed by atoms with Gasteiger partial charge in [0.05, 0.1) is 39.9 Å². The lowest BCUT2D eigenvalue weighted by Gasteiger charge is -2.29. The molecule has 2 aromatic rings. The van der Waals surface area contributed by atoms with Gasteiger partial charge >= 0.3 is 0 Å². The van der Waals surface area contributed by atoms with Crippen LogP contribution in [0.15, 0.2) is 43.0 Å². The van der Waals surface area contributed by atoms with E-state index in [-0.39, 0.29) is 11.8 Å². The van der Waals surface area contributed by atoms with Crippen molar-refractivity contribution in [3.05, 3.63) is 52.7 Å². The molecule has 4 rings (SSSR count). The predicted molar refractivity (Wildman–Crippen MR) is 242 cm³/mol. The molecule has 4 nitrogen and oxygen atoms in total. The van der Waals surface area contributed by atoms with Gasteiger partial charge in [0, 0.05) is 13.1 Å². The average molecular weight is 907 g/mol. The molecule has 0 aromatic carbocycles. The molecule has 0 saturated carbocycles. The summed E-state index contributed by atoms with van der Waals surface area (Å²) in [6.07, 6.45) is 29.8. The molecule has 0 saturated heterocycles. The van der Waals surface area contributed by atoms with E-state index >= 15 is 9.59 Å². The summed E-state index contributed by atoms with van der Waals surface area (Å²) in [5, 5.41) is 0. The number of halogens is 2. The molecule has 0 unspecified atom stereocenters. The Morgan fingerprint density at radius 3 is 1.06 bits per heavy atom. The van der Waals surface area contributed by atoms with Crippen molar-refractivity contribution < 1.29 is 9.59 Å². The SMILES string of the molecule is CCCCCCCC[C@@H](CCCCCC)CN1C(=O)C2=C(c3ccc(Br)s3)N(C[C@H](CCCCCC)CCCCCCCC)C(=O)C2=C1c1ccc(Br)s1. The molecular formula is C46H70Br2N2O2S2. The fraction of sp³-hybridized carbons (Fsp3) is 0.696. The highest BCUT2D eigenvalue weighted by Crippen LogP contribution is 2.50. The van der Waals surface area contributed by atoms with E-state index in [0.29, 0.717) is 36.1 Å². The first-order chi connectivity index (χ1) is 26.3. The number of fused-ring (bicyclic) bond motifs is 1. The van der Waals surface area contributed by atoms with Crippen LogP contribution < -0.4 is 0 Å². The fourth-order valence-electron chi connectivity index (χ4n) is 8.46. The zero-order valence-electron chi connectivity index (χ0n) is 34.1. The van der Waals surface area contributed by atoms with Crippen molar-refractivity contribution in [1.82, 2.24) is 9.80 Å². The van der Waals surface area contributed by atoms with E-state index in [4.69, 9.17) is 0 Å². The van der Waals surface area contributed by atoms with E-state index in [1.807, 2.05) is 9.80 Å². The van der Waals surface area contributed by atoms with Gasteiger partial charge in [0.1, 0.15) is 0 Å². The van der Waals surface area contributed by atoms with Crippen molar-refractivity contribution in [3.8, 4) is 0 Å². The summed E-state index contributed by atoms with van der Waals surface area (Å²) >= 11 is 10.7. The lowest BCUT2D eigenvalue weighted by molar-refractivity contribution is -0.124. The summed E-state index contributed by atoms with van der Waals surface area (Å²) in [6.45, 7) is 10.5. The van der Waals surface area contributed by atoms with Gasteiger partial charge in [0.2, 0.25) is 0 Å². The smallest absolute Gasteiger partial charge is 0.261 e. The molecule has 0 fully saturated rings. The van der Waals surface area contributed by atoms with Crippen LogP contribution in [0.1, 0.15) is 192 Å². The Labute approximate surface area is 354 Å². The van der Waals surface area contributed by atoms with Crippen molar-refractivity contribution in [1.29, 1.82) is 0 Å². The van der Waals surface area contributed by atoms with E-state index < -0.39 is 0 Å². The van der Waals surface area contributed by atoms with Crippen molar-refractivity contribution in [3.63, 3.8) is 0 Å². The molecule has 2 aliphatic heterocycles. The lowest BCUT2D eigenvalue weighted by atomic mass is 9.93. The van der Waals surface area contributed by atoms with Gasteiger partial charge in [-0.2, -0.15) is 0 Å². The van der Waals surface area contributed by atoms with Gasteiger partial charge in [0.15, 0.2) is 0 Å². The highest BCUT2D eigenvalue weighted by atomic mass is 79.9. The first-order valence-electron chi connectivity index (χ1n) is 22.0. The largest absolute Gasteiger partial charge is 0.306 e. The highest BCUT2D eigenvalue weighted by molar-refractivity contribution is 9.11. The highest BCUT2D eigenvalue weighted by Gasteiger charge is 2.50. The second-order valence-corrected chi connectivity index (χ2v) is 21.0. The molecule has 0 bridgehead atoms. The molecule has 4 heterocycles. The second-order valence-electron chi connectivity index (χ2n) is 16.0. The standard InChI is InChI=1S/C46H70Br2N2O2S2/c1-5-9-13-17-19-23-27-35(25-21-15-11-7-3)33-49-43(37-29-31-39(47)53-37)41-42(45(49)51)44(38-30-32-40(48)54-38)50(46(41)52)34-36(26-22-16-12-8-4)28-24-20-18-14-10-6-2/h29-32,35-36H,5-28,33-34H2,1-4H3/t35-,36-/m1/s1. The summed E-state index contributed by atoms with van der Waals surface area (Å²) in [7, 11) is 0. The Morgan fingerprint density at radius 1 is 0.463 bits per heavy atom. The van der Waals surface area contributed by atoms with Gasteiger partial charge in [-0.15, -0.1) is 22.7 Å².